The Hall–Kier alpha value is -2.86. The number of rotatable bonds is 3. The predicted molar refractivity (Wildman–Crippen MR) is 112 cm³/mol. The van der Waals surface area contributed by atoms with Crippen LogP contribution in [-0.4, -0.2) is 44.9 Å². The molecule has 29 heavy (non-hydrogen) atoms. The Morgan fingerprint density at radius 2 is 1.90 bits per heavy atom. The molecule has 2 aromatic carbocycles. The maximum Gasteiger partial charge on any atom is 0.411 e. The van der Waals surface area contributed by atoms with Crippen LogP contribution in [0, 0.1) is 0 Å². The number of β-amino-alcohol motifs (C(OH)–C–C–N with tert-alkyl or cyclic N) is 1. The van der Waals surface area contributed by atoms with Crippen molar-refractivity contribution in [2.75, 3.05) is 6.54 Å². The van der Waals surface area contributed by atoms with Crippen LogP contribution in [0.3, 0.4) is 0 Å². The van der Waals surface area contributed by atoms with E-state index >= 15 is 0 Å². The standard InChI is InChI=1S/C23H27NO5/c1-6-15-11-17(12-16-9-7-8-10-18(15)16)23(28)13-22(5,19(25)26)24(14-23)20(27)29-21(2,3)4/h6-12,28H,1,13-14H2,2-5H3,(H,25,26)/t22-,23-/m0/s1. The second-order valence-corrected chi connectivity index (χ2v) is 8.84. The van der Waals surface area contributed by atoms with Crippen molar-refractivity contribution in [3.63, 3.8) is 0 Å². The summed E-state index contributed by atoms with van der Waals surface area (Å²) < 4.78 is 5.41. The largest absolute Gasteiger partial charge is 0.480 e. The number of nitrogens with zero attached hydrogens (tertiary/aromatic N) is 1. The van der Waals surface area contributed by atoms with Crippen LogP contribution >= 0.6 is 0 Å². The van der Waals surface area contributed by atoms with Gasteiger partial charge in [-0.05, 0) is 61.7 Å². The number of hydrogen-bond donors (Lipinski definition) is 2. The predicted octanol–water partition coefficient (Wildman–Crippen LogP) is 4.15. The van der Waals surface area contributed by atoms with Gasteiger partial charge in [-0.3, -0.25) is 4.90 Å². The zero-order valence-corrected chi connectivity index (χ0v) is 17.2. The van der Waals surface area contributed by atoms with Crippen LogP contribution in [-0.2, 0) is 15.1 Å². The molecule has 1 aliphatic heterocycles. The first-order valence-electron chi connectivity index (χ1n) is 9.52. The van der Waals surface area contributed by atoms with E-state index in [1.165, 1.54) is 6.92 Å². The molecule has 6 nitrogen and oxygen atoms in total. The summed E-state index contributed by atoms with van der Waals surface area (Å²) in [5.41, 5.74) is -2.54. The lowest BCUT2D eigenvalue weighted by Gasteiger charge is -2.32. The number of aliphatic hydroxyl groups is 1. The van der Waals surface area contributed by atoms with Gasteiger partial charge in [-0.15, -0.1) is 0 Å². The molecule has 6 heteroatoms. The second kappa shape index (κ2) is 6.88. The van der Waals surface area contributed by atoms with E-state index in [1.807, 2.05) is 30.3 Å². The highest BCUT2D eigenvalue weighted by Crippen LogP contribution is 2.44. The lowest BCUT2D eigenvalue weighted by atomic mass is 9.84. The first-order chi connectivity index (χ1) is 13.4. The smallest absolute Gasteiger partial charge is 0.411 e. The van der Waals surface area contributed by atoms with E-state index in [9.17, 15) is 19.8 Å². The SMILES string of the molecule is C=Cc1cc([C@@]2(O)CN(C(=O)OC(C)(C)C)[C@](C)(C(=O)O)C2)cc2ccccc12. The fourth-order valence-corrected chi connectivity index (χ4v) is 3.90. The molecule has 0 aromatic heterocycles. The van der Waals surface area contributed by atoms with Crippen molar-refractivity contribution in [3.05, 3.63) is 54.1 Å². The summed E-state index contributed by atoms with van der Waals surface area (Å²) >= 11 is 0. The lowest BCUT2D eigenvalue weighted by molar-refractivity contribution is -0.148. The van der Waals surface area contributed by atoms with E-state index in [0.29, 0.717) is 5.56 Å². The Kier molecular flexibility index (Phi) is 4.95. The third kappa shape index (κ3) is 3.72. The van der Waals surface area contributed by atoms with Crippen LogP contribution in [0.1, 0.15) is 45.2 Å². The summed E-state index contributed by atoms with van der Waals surface area (Å²) in [7, 11) is 0. The first kappa shape index (κ1) is 20.9. The van der Waals surface area contributed by atoms with Crippen LogP contribution in [0.25, 0.3) is 16.8 Å². The molecule has 0 radical (unpaired) electrons. The molecule has 1 amide bonds. The van der Waals surface area contributed by atoms with Crippen LogP contribution in [0.15, 0.2) is 43.0 Å². The number of likely N-dealkylation sites (tertiary alicyclic amines) is 1. The van der Waals surface area contributed by atoms with Crippen molar-refractivity contribution in [2.24, 2.45) is 0 Å². The summed E-state index contributed by atoms with van der Waals surface area (Å²) in [6, 6.07) is 11.3. The average molecular weight is 397 g/mol. The number of hydrogen-bond acceptors (Lipinski definition) is 4. The first-order valence-corrected chi connectivity index (χ1v) is 9.52. The van der Waals surface area contributed by atoms with Crippen LogP contribution < -0.4 is 0 Å². The minimum absolute atomic E-state index is 0.149. The number of ether oxygens (including phenoxy) is 1. The molecular weight excluding hydrogens is 370 g/mol. The highest BCUT2D eigenvalue weighted by atomic mass is 16.6. The van der Waals surface area contributed by atoms with Crippen LogP contribution in [0.5, 0.6) is 0 Å². The lowest BCUT2D eigenvalue weighted by Crippen LogP contribution is -2.52. The molecule has 154 valence electrons. The van der Waals surface area contributed by atoms with Crippen molar-refractivity contribution in [2.45, 2.75) is 50.9 Å². The molecule has 0 saturated carbocycles. The van der Waals surface area contributed by atoms with Crippen molar-refractivity contribution < 1.29 is 24.5 Å². The van der Waals surface area contributed by atoms with E-state index < -0.39 is 28.8 Å². The number of benzene rings is 2. The van der Waals surface area contributed by atoms with Crippen molar-refractivity contribution in [3.8, 4) is 0 Å². The van der Waals surface area contributed by atoms with Gasteiger partial charge in [-0.1, -0.05) is 36.9 Å². The molecule has 3 rings (SSSR count). The van der Waals surface area contributed by atoms with E-state index in [-0.39, 0.29) is 13.0 Å². The van der Waals surface area contributed by atoms with Crippen molar-refractivity contribution in [1.29, 1.82) is 0 Å². The molecule has 1 saturated heterocycles. The van der Waals surface area contributed by atoms with Gasteiger partial charge in [0.15, 0.2) is 0 Å². The molecule has 1 aliphatic rings. The molecule has 2 N–H and O–H groups in total. The Morgan fingerprint density at radius 3 is 2.48 bits per heavy atom. The third-order valence-electron chi connectivity index (χ3n) is 5.38. The van der Waals surface area contributed by atoms with Gasteiger partial charge in [0.05, 0.1) is 6.54 Å². The van der Waals surface area contributed by atoms with E-state index in [1.54, 1.807) is 32.9 Å². The van der Waals surface area contributed by atoms with Crippen LogP contribution in [0.4, 0.5) is 4.79 Å². The number of carbonyl (C=O) groups excluding carboxylic acids is 1. The van der Waals surface area contributed by atoms with Gasteiger partial charge in [0.25, 0.3) is 0 Å². The molecule has 0 spiro atoms. The number of carboxylic acid groups (broad SMARTS) is 1. The summed E-state index contributed by atoms with van der Waals surface area (Å²) in [5, 5.41) is 23.3. The van der Waals surface area contributed by atoms with Gasteiger partial charge >= 0.3 is 12.1 Å². The van der Waals surface area contributed by atoms with Gasteiger partial charge < -0.3 is 14.9 Å². The molecule has 0 aliphatic carbocycles. The minimum Gasteiger partial charge on any atom is -0.480 e. The molecule has 1 heterocycles. The highest BCUT2D eigenvalue weighted by molar-refractivity contribution is 5.91. The minimum atomic E-state index is -1.60. The highest BCUT2D eigenvalue weighted by Gasteiger charge is 2.58. The van der Waals surface area contributed by atoms with Gasteiger partial charge in [-0.2, -0.15) is 0 Å². The fraction of sp³-hybridized carbons (Fsp3) is 0.391. The zero-order chi connectivity index (χ0) is 21.6. The molecule has 0 unspecified atom stereocenters. The van der Waals surface area contributed by atoms with Gasteiger partial charge in [-0.25, -0.2) is 9.59 Å². The van der Waals surface area contributed by atoms with Gasteiger partial charge in [0.1, 0.15) is 16.7 Å². The van der Waals surface area contributed by atoms with Crippen LogP contribution in [0.2, 0.25) is 0 Å². The summed E-state index contributed by atoms with van der Waals surface area (Å²) in [5.74, 6) is -1.19. The normalized spacial score (nSPS) is 24.5. The monoisotopic (exact) mass is 397 g/mol. The van der Waals surface area contributed by atoms with Crippen molar-refractivity contribution >= 4 is 28.9 Å². The van der Waals surface area contributed by atoms with E-state index in [4.69, 9.17) is 4.74 Å². The van der Waals surface area contributed by atoms with E-state index in [0.717, 1.165) is 21.2 Å². The molecular formula is C23H27NO5. The molecule has 2 aromatic rings. The molecule has 2 atom stereocenters. The Bertz CT molecular complexity index is 992. The molecule has 1 fully saturated rings. The number of aliphatic carboxylic acids is 1. The Balaban J connectivity index is 2.08. The van der Waals surface area contributed by atoms with Gasteiger partial charge in [0, 0.05) is 6.42 Å². The summed E-state index contributed by atoms with van der Waals surface area (Å²) in [6.07, 6.45) is 0.790. The quantitative estimate of drug-likeness (QED) is 0.812. The number of amides is 1. The van der Waals surface area contributed by atoms with Crippen molar-refractivity contribution in [1.82, 2.24) is 4.90 Å². The van der Waals surface area contributed by atoms with E-state index in [2.05, 4.69) is 6.58 Å². The third-order valence-corrected chi connectivity index (χ3v) is 5.38. The fourth-order valence-electron chi connectivity index (χ4n) is 3.90. The number of carboxylic acids is 1. The summed E-state index contributed by atoms with van der Waals surface area (Å²) in [4.78, 5) is 25.9. The Labute approximate surface area is 170 Å². The maximum atomic E-state index is 12.7. The molecule has 0 bridgehead atoms. The van der Waals surface area contributed by atoms with Gasteiger partial charge in [0.2, 0.25) is 0 Å². The number of fused-ring (bicyclic) bond motifs is 1. The zero-order valence-electron chi connectivity index (χ0n) is 17.2. The maximum absolute atomic E-state index is 12.7. The number of carbonyl (C=O) groups is 2. The topological polar surface area (TPSA) is 87.1 Å². The Morgan fingerprint density at radius 1 is 1.24 bits per heavy atom. The second-order valence-electron chi connectivity index (χ2n) is 8.84. The average Bonchev–Trinajstić information content (AvgIpc) is 2.93. The summed E-state index contributed by atoms with van der Waals surface area (Å²) in [6.45, 7) is 10.2.